The highest BCUT2D eigenvalue weighted by Crippen LogP contribution is 2.39. The van der Waals surface area contributed by atoms with Crippen molar-refractivity contribution in [3.8, 4) is 11.5 Å². The van der Waals surface area contributed by atoms with E-state index >= 15 is 0 Å². The third-order valence-corrected chi connectivity index (χ3v) is 7.02. The summed E-state index contributed by atoms with van der Waals surface area (Å²) in [6.45, 7) is 4.46. The van der Waals surface area contributed by atoms with E-state index in [9.17, 15) is 4.79 Å². The monoisotopic (exact) mass is 507 g/mol. The molecule has 0 bridgehead atoms. The molecular weight excluding hydrogens is 482 g/mol. The Bertz CT molecular complexity index is 1600. The first-order valence-electron chi connectivity index (χ1n) is 12.2. The number of carbonyl (C=O) groups excluding carboxylic acids is 1. The topological polar surface area (TPSA) is 55.1 Å². The van der Waals surface area contributed by atoms with E-state index in [1.54, 1.807) is 12.1 Å². The number of aryl methyl sites for hydroxylation is 2. The lowest BCUT2D eigenvalue weighted by Crippen LogP contribution is -2.38. The van der Waals surface area contributed by atoms with Crippen LogP contribution < -0.4 is 5.32 Å². The molecule has 6 nitrogen and oxygen atoms in total. The number of nitrogens with one attached hydrogen (secondary N) is 1. The van der Waals surface area contributed by atoms with Crippen molar-refractivity contribution in [1.82, 2.24) is 19.2 Å². The molecule has 2 amide bonds. The maximum atomic E-state index is 14.0. The molecule has 3 aromatic carbocycles. The number of para-hydroxylation sites is 1. The van der Waals surface area contributed by atoms with Crippen molar-refractivity contribution in [2.75, 3.05) is 5.32 Å². The number of carbonyl (C=O) groups is 1. The quantitative estimate of drug-likeness (QED) is 0.284. The van der Waals surface area contributed by atoms with Gasteiger partial charge in [-0.2, -0.15) is 5.10 Å². The van der Waals surface area contributed by atoms with Gasteiger partial charge in [-0.05, 0) is 61.9 Å². The number of amides is 2. The predicted molar refractivity (Wildman–Crippen MR) is 147 cm³/mol. The van der Waals surface area contributed by atoms with E-state index in [-0.39, 0.29) is 12.1 Å². The first-order valence-corrected chi connectivity index (χ1v) is 12.6. The van der Waals surface area contributed by atoms with Crippen molar-refractivity contribution >= 4 is 23.3 Å². The van der Waals surface area contributed by atoms with Gasteiger partial charge in [-0.15, -0.1) is 0 Å². The first kappa shape index (κ1) is 23.1. The molecule has 0 saturated heterocycles. The zero-order chi connectivity index (χ0) is 25.5. The predicted octanol–water partition coefficient (Wildman–Crippen LogP) is 7.07. The normalized spacial score (nSPS) is 14.6. The molecule has 0 fully saturated rings. The Morgan fingerprint density at radius 1 is 0.946 bits per heavy atom. The molecule has 7 heteroatoms. The zero-order valence-electron chi connectivity index (χ0n) is 20.6. The molecule has 184 valence electrons. The largest absolute Gasteiger partial charge is 0.322 e. The highest BCUT2D eigenvalue weighted by Gasteiger charge is 2.36. The van der Waals surface area contributed by atoms with Crippen LogP contribution in [-0.2, 0) is 6.54 Å². The average Bonchev–Trinajstić information content (AvgIpc) is 3.45. The molecule has 0 unspecified atom stereocenters. The number of hydrogen-bond donors (Lipinski definition) is 1. The lowest BCUT2D eigenvalue weighted by Gasteiger charge is -2.31. The SMILES string of the molecule is Cc1cccc([C@H]2c3cccn3-c3c(c(C)nn3-c3ccccc3)CN2C(=O)Nc2cccc(Cl)c2)c1. The molecule has 0 spiro atoms. The second-order valence-electron chi connectivity index (χ2n) is 9.32. The van der Waals surface area contributed by atoms with Gasteiger partial charge in [0, 0.05) is 22.5 Å². The molecule has 0 radical (unpaired) electrons. The summed E-state index contributed by atoms with van der Waals surface area (Å²) in [6, 6.07) is 29.2. The van der Waals surface area contributed by atoms with Gasteiger partial charge in [-0.3, -0.25) is 0 Å². The molecule has 37 heavy (non-hydrogen) atoms. The van der Waals surface area contributed by atoms with Crippen LogP contribution in [0.3, 0.4) is 0 Å². The van der Waals surface area contributed by atoms with E-state index in [1.807, 2.05) is 71.1 Å². The lowest BCUT2D eigenvalue weighted by molar-refractivity contribution is 0.194. The van der Waals surface area contributed by atoms with Crippen molar-refractivity contribution in [2.45, 2.75) is 26.4 Å². The Morgan fingerprint density at radius 3 is 2.54 bits per heavy atom. The Hall–Kier alpha value is -4.29. The summed E-state index contributed by atoms with van der Waals surface area (Å²) in [7, 11) is 0. The third kappa shape index (κ3) is 4.19. The van der Waals surface area contributed by atoms with Gasteiger partial charge in [-0.25, -0.2) is 9.48 Å². The lowest BCUT2D eigenvalue weighted by atomic mass is 10.00. The standard InChI is InChI=1S/C30H26ClN5O/c1-20-9-6-10-22(17-20)28-27-15-8-16-34(27)29-26(21(2)33-36(29)25-13-4-3-5-14-25)19-35(28)30(37)32-24-12-7-11-23(31)18-24/h3-18,28H,19H2,1-2H3,(H,32,37)/t28-/m0/s1. The molecule has 6 rings (SSSR count). The van der Waals surface area contributed by atoms with Crippen LogP contribution in [0.5, 0.6) is 0 Å². The highest BCUT2D eigenvalue weighted by atomic mass is 35.5. The fraction of sp³-hybridized carbons (Fsp3) is 0.133. The number of anilines is 1. The van der Waals surface area contributed by atoms with E-state index in [2.05, 4.69) is 47.3 Å². The van der Waals surface area contributed by atoms with Crippen LogP contribution in [0, 0.1) is 13.8 Å². The molecule has 1 atom stereocenters. The van der Waals surface area contributed by atoms with Crippen LogP contribution in [0.1, 0.15) is 34.1 Å². The van der Waals surface area contributed by atoms with Gasteiger partial charge in [0.15, 0.2) is 0 Å². The average molecular weight is 508 g/mol. The van der Waals surface area contributed by atoms with Crippen LogP contribution in [0.4, 0.5) is 10.5 Å². The number of fused-ring (bicyclic) bond motifs is 3. The number of rotatable bonds is 3. The smallest absolute Gasteiger partial charge is 0.308 e. The van der Waals surface area contributed by atoms with Crippen LogP contribution in [-0.4, -0.2) is 25.3 Å². The van der Waals surface area contributed by atoms with Gasteiger partial charge in [-0.1, -0.05) is 65.7 Å². The summed E-state index contributed by atoms with van der Waals surface area (Å²) >= 11 is 6.20. The van der Waals surface area contributed by atoms with Gasteiger partial charge >= 0.3 is 6.03 Å². The van der Waals surface area contributed by atoms with Gasteiger partial charge in [0.25, 0.3) is 0 Å². The molecule has 1 aliphatic rings. The van der Waals surface area contributed by atoms with Crippen LogP contribution in [0.15, 0.2) is 97.2 Å². The van der Waals surface area contributed by atoms with Crippen LogP contribution in [0.2, 0.25) is 5.02 Å². The van der Waals surface area contributed by atoms with E-state index in [1.165, 1.54) is 0 Å². The van der Waals surface area contributed by atoms with Crippen molar-refractivity contribution < 1.29 is 4.79 Å². The maximum Gasteiger partial charge on any atom is 0.322 e. The Kier molecular flexibility index (Phi) is 5.81. The fourth-order valence-electron chi connectivity index (χ4n) is 5.10. The molecule has 1 aliphatic heterocycles. The molecule has 2 aromatic heterocycles. The zero-order valence-corrected chi connectivity index (χ0v) is 21.4. The molecule has 5 aromatic rings. The summed E-state index contributed by atoms with van der Waals surface area (Å²) in [5.41, 5.74) is 6.67. The van der Waals surface area contributed by atoms with Gasteiger partial charge in [0.2, 0.25) is 0 Å². The van der Waals surface area contributed by atoms with Crippen molar-refractivity contribution in [3.63, 3.8) is 0 Å². The van der Waals surface area contributed by atoms with Crippen molar-refractivity contribution in [2.24, 2.45) is 0 Å². The number of halogens is 1. The molecule has 3 heterocycles. The Morgan fingerprint density at radius 2 is 1.76 bits per heavy atom. The summed E-state index contributed by atoms with van der Waals surface area (Å²) < 4.78 is 4.14. The van der Waals surface area contributed by atoms with E-state index in [0.29, 0.717) is 17.3 Å². The second-order valence-corrected chi connectivity index (χ2v) is 9.76. The van der Waals surface area contributed by atoms with E-state index in [4.69, 9.17) is 16.7 Å². The number of urea groups is 1. The van der Waals surface area contributed by atoms with Crippen LogP contribution >= 0.6 is 11.6 Å². The van der Waals surface area contributed by atoms with Gasteiger partial charge < -0.3 is 14.8 Å². The fourth-order valence-corrected chi connectivity index (χ4v) is 5.29. The first-order chi connectivity index (χ1) is 18.0. The number of benzene rings is 3. The minimum absolute atomic E-state index is 0.207. The van der Waals surface area contributed by atoms with Crippen LogP contribution in [0.25, 0.3) is 11.5 Å². The number of aromatic nitrogens is 3. The minimum Gasteiger partial charge on any atom is -0.308 e. The molecule has 0 saturated carbocycles. The van der Waals surface area contributed by atoms with E-state index < -0.39 is 0 Å². The van der Waals surface area contributed by atoms with E-state index in [0.717, 1.165) is 39.6 Å². The van der Waals surface area contributed by atoms with Gasteiger partial charge in [0.05, 0.1) is 29.7 Å². The summed E-state index contributed by atoms with van der Waals surface area (Å²) in [5.74, 6) is 0.944. The Balaban J connectivity index is 1.54. The number of hydrogen-bond acceptors (Lipinski definition) is 2. The molecule has 0 aliphatic carbocycles. The molecule has 1 N–H and O–H groups in total. The number of nitrogens with zero attached hydrogens (tertiary/aromatic N) is 4. The Labute approximate surface area is 220 Å². The summed E-state index contributed by atoms with van der Waals surface area (Å²) in [4.78, 5) is 15.9. The minimum atomic E-state index is -0.315. The molecular formula is C30H26ClN5O. The van der Waals surface area contributed by atoms with Crippen molar-refractivity contribution in [1.29, 1.82) is 0 Å². The summed E-state index contributed by atoms with van der Waals surface area (Å²) in [5, 5.41) is 8.55. The summed E-state index contributed by atoms with van der Waals surface area (Å²) in [6.07, 6.45) is 2.05. The van der Waals surface area contributed by atoms with Crippen molar-refractivity contribution in [3.05, 3.63) is 130 Å². The maximum absolute atomic E-state index is 14.0. The van der Waals surface area contributed by atoms with Gasteiger partial charge in [0.1, 0.15) is 5.82 Å². The highest BCUT2D eigenvalue weighted by molar-refractivity contribution is 6.30. The third-order valence-electron chi connectivity index (χ3n) is 6.78. The second kappa shape index (κ2) is 9.30.